The molecule has 0 N–H and O–H groups in total. The van der Waals surface area contributed by atoms with Crippen LogP contribution in [0.5, 0.6) is 0 Å². The molecule has 1 aromatic carbocycles. The highest BCUT2D eigenvalue weighted by Gasteiger charge is 2.34. The average molecular weight is 434 g/mol. The lowest BCUT2D eigenvalue weighted by molar-refractivity contribution is 0.184. The van der Waals surface area contributed by atoms with Crippen LogP contribution in [0.3, 0.4) is 0 Å². The zero-order valence-electron chi connectivity index (χ0n) is 16.9. The van der Waals surface area contributed by atoms with E-state index < -0.39 is 9.84 Å². The lowest BCUT2D eigenvalue weighted by atomic mass is 10.1. The van der Waals surface area contributed by atoms with Gasteiger partial charge in [-0.05, 0) is 44.0 Å². The minimum absolute atomic E-state index is 0.0327. The summed E-state index contributed by atoms with van der Waals surface area (Å²) in [4.78, 5) is 0.211. The second kappa shape index (κ2) is 7.18. The normalized spacial score (nSPS) is 19.2. The Morgan fingerprint density at radius 1 is 1.24 bits per heavy atom. The van der Waals surface area contributed by atoms with Gasteiger partial charge < -0.3 is 0 Å². The van der Waals surface area contributed by atoms with Crippen molar-refractivity contribution in [2.24, 2.45) is 10.3 Å². The minimum atomic E-state index is -3.34. The molecule has 0 spiro atoms. The molecule has 0 fully saturated rings. The summed E-state index contributed by atoms with van der Waals surface area (Å²) in [5, 5.41) is 14.0. The van der Waals surface area contributed by atoms with E-state index in [1.165, 1.54) is 12.3 Å². The molecule has 2 aromatic rings. The van der Waals surface area contributed by atoms with Crippen molar-refractivity contribution in [3.8, 4) is 0 Å². The highest BCUT2D eigenvalue weighted by atomic mass is 35.5. The van der Waals surface area contributed by atoms with Crippen LogP contribution in [0.4, 0.5) is 0 Å². The topological polar surface area (TPSA) is 70.3 Å². The maximum atomic E-state index is 11.9. The molecular formula is C20H24ClN5O2S. The smallest absolute Gasteiger partial charge is 0.175 e. The lowest BCUT2D eigenvalue weighted by Crippen LogP contribution is -2.40. The molecule has 2 aliphatic rings. The predicted octanol–water partition coefficient (Wildman–Crippen LogP) is 4.64. The maximum Gasteiger partial charge on any atom is 0.175 e. The fourth-order valence-corrected chi connectivity index (χ4v) is 4.98. The fourth-order valence-electron chi connectivity index (χ4n) is 3.93. The van der Waals surface area contributed by atoms with Crippen molar-refractivity contribution in [1.82, 2.24) is 9.69 Å². The van der Waals surface area contributed by atoms with Crippen LogP contribution < -0.4 is 5.01 Å². The van der Waals surface area contributed by atoms with E-state index in [9.17, 15) is 8.42 Å². The highest BCUT2D eigenvalue weighted by Crippen LogP contribution is 2.34. The first kappa shape index (κ1) is 20.0. The molecule has 2 aliphatic heterocycles. The molecule has 1 aromatic heterocycles. The van der Waals surface area contributed by atoms with E-state index in [1.54, 1.807) is 6.07 Å². The van der Waals surface area contributed by atoms with Crippen LogP contribution in [0, 0.1) is 0 Å². The standard InChI is InChI=1S/C20H24ClN5O2S/c1-5-15(6-2)26-19-9-13(3)25(12-18(19)22-23-26)24-8-7-14-10-16(29(4,27)28)11-17(21)20(14)24/h7-12,15,19H,5-6H2,1-4H3. The van der Waals surface area contributed by atoms with Crippen LogP contribution in [-0.4, -0.2) is 36.4 Å². The Hall–Kier alpha value is -2.32. The second-order valence-corrected chi connectivity index (χ2v) is 9.89. The number of rotatable bonds is 5. The Balaban J connectivity index is 1.75. The van der Waals surface area contributed by atoms with Gasteiger partial charge in [-0.25, -0.2) is 8.42 Å². The number of nitrogens with zero attached hydrogens (tertiary/aromatic N) is 5. The molecular weight excluding hydrogens is 410 g/mol. The first-order valence-corrected chi connectivity index (χ1v) is 11.9. The van der Waals surface area contributed by atoms with Crippen molar-refractivity contribution < 1.29 is 8.42 Å². The van der Waals surface area contributed by atoms with Crippen molar-refractivity contribution in [3.63, 3.8) is 0 Å². The number of aromatic nitrogens is 1. The molecule has 0 saturated carbocycles. The summed E-state index contributed by atoms with van der Waals surface area (Å²) in [5.41, 5.74) is 2.63. The van der Waals surface area contributed by atoms with E-state index in [0.717, 1.165) is 35.1 Å². The van der Waals surface area contributed by atoms with Crippen LogP contribution in [0.25, 0.3) is 10.9 Å². The van der Waals surface area contributed by atoms with Gasteiger partial charge in [-0.1, -0.05) is 30.7 Å². The van der Waals surface area contributed by atoms with Crippen molar-refractivity contribution in [1.29, 1.82) is 0 Å². The van der Waals surface area contributed by atoms with Crippen LogP contribution in [-0.2, 0) is 9.84 Å². The maximum absolute atomic E-state index is 11.9. The number of hydrogen-bond donors (Lipinski definition) is 0. The first-order chi connectivity index (χ1) is 13.7. The zero-order valence-corrected chi connectivity index (χ0v) is 18.4. The fraction of sp³-hybridized carbons (Fsp3) is 0.400. The van der Waals surface area contributed by atoms with Crippen LogP contribution in [0.2, 0.25) is 5.02 Å². The summed E-state index contributed by atoms with van der Waals surface area (Å²) in [6, 6.07) is 5.39. The van der Waals surface area contributed by atoms with Crippen LogP contribution in [0.15, 0.2) is 63.3 Å². The zero-order chi connectivity index (χ0) is 20.9. The number of benzene rings is 1. The minimum Gasteiger partial charge on any atom is -0.262 e. The molecule has 0 aliphatic carbocycles. The molecule has 3 heterocycles. The lowest BCUT2D eigenvalue weighted by Gasteiger charge is -2.33. The summed E-state index contributed by atoms with van der Waals surface area (Å²) in [7, 11) is -3.34. The van der Waals surface area contributed by atoms with E-state index in [-0.39, 0.29) is 10.9 Å². The Labute approximate surface area is 175 Å². The molecule has 9 heteroatoms. The number of allylic oxidation sites excluding steroid dienone is 1. The molecule has 4 rings (SSSR count). The number of hydrogen-bond acceptors (Lipinski definition) is 6. The molecule has 1 unspecified atom stereocenters. The van der Waals surface area contributed by atoms with Gasteiger partial charge in [0.05, 0.1) is 21.6 Å². The predicted molar refractivity (Wildman–Crippen MR) is 115 cm³/mol. The SMILES string of the molecule is CCC(CC)N1N=NC2=CN(n3ccc4cc(S(C)(=O)=O)cc(Cl)c43)C(C)=CC21. The first-order valence-electron chi connectivity index (χ1n) is 9.65. The molecule has 7 nitrogen and oxygen atoms in total. The second-order valence-electron chi connectivity index (χ2n) is 7.47. The van der Waals surface area contributed by atoms with E-state index in [1.807, 2.05) is 35.1 Å². The quantitative estimate of drug-likeness (QED) is 0.688. The van der Waals surface area contributed by atoms with Crippen LogP contribution in [0.1, 0.15) is 33.6 Å². The van der Waals surface area contributed by atoms with E-state index in [0.29, 0.717) is 11.1 Å². The van der Waals surface area contributed by atoms with Gasteiger partial charge in [-0.15, -0.1) is 5.11 Å². The van der Waals surface area contributed by atoms with Crippen molar-refractivity contribution in [2.75, 3.05) is 11.3 Å². The summed E-state index contributed by atoms with van der Waals surface area (Å²) in [6.07, 6.45) is 9.19. The van der Waals surface area contributed by atoms with Gasteiger partial charge in [0.1, 0.15) is 11.7 Å². The number of fused-ring (bicyclic) bond motifs is 2. The van der Waals surface area contributed by atoms with Gasteiger partial charge in [0.15, 0.2) is 9.84 Å². The Kier molecular flexibility index (Phi) is 4.94. The third-order valence-corrected chi connectivity index (χ3v) is 6.91. The van der Waals surface area contributed by atoms with Crippen molar-refractivity contribution >= 4 is 32.3 Å². The van der Waals surface area contributed by atoms with E-state index in [2.05, 4.69) is 35.3 Å². The Morgan fingerprint density at radius 2 is 1.97 bits per heavy atom. The van der Waals surface area contributed by atoms with Crippen LogP contribution >= 0.6 is 11.6 Å². The van der Waals surface area contributed by atoms with Gasteiger partial charge in [0.2, 0.25) is 0 Å². The molecule has 29 heavy (non-hydrogen) atoms. The van der Waals surface area contributed by atoms with Gasteiger partial charge >= 0.3 is 0 Å². The summed E-state index contributed by atoms with van der Waals surface area (Å²) >= 11 is 6.49. The largest absolute Gasteiger partial charge is 0.262 e. The summed E-state index contributed by atoms with van der Waals surface area (Å²) in [5.74, 6) is 0. The third-order valence-electron chi connectivity index (χ3n) is 5.53. The average Bonchev–Trinajstić information content (AvgIpc) is 3.26. The summed E-state index contributed by atoms with van der Waals surface area (Å²) < 4.78 is 25.8. The number of halogens is 1. The van der Waals surface area contributed by atoms with Gasteiger partial charge in [0, 0.05) is 29.6 Å². The summed E-state index contributed by atoms with van der Waals surface area (Å²) in [6.45, 7) is 6.35. The van der Waals surface area contributed by atoms with Gasteiger partial charge in [-0.2, -0.15) is 0 Å². The van der Waals surface area contributed by atoms with Crippen molar-refractivity contribution in [3.05, 3.63) is 53.1 Å². The monoisotopic (exact) mass is 433 g/mol. The van der Waals surface area contributed by atoms with Gasteiger partial charge in [0.25, 0.3) is 0 Å². The molecule has 0 radical (unpaired) electrons. The number of sulfone groups is 1. The molecule has 0 bridgehead atoms. The van der Waals surface area contributed by atoms with Gasteiger partial charge in [-0.3, -0.25) is 14.7 Å². The molecule has 154 valence electrons. The molecule has 1 atom stereocenters. The van der Waals surface area contributed by atoms with E-state index >= 15 is 0 Å². The third kappa shape index (κ3) is 3.34. The van der Waals surface area contributed by atoms with Crippen molar-refractivity contribution in [2.45, 2.75) is 50.6 Å². The molecule has 0 saturated heterocycles. The highest BCUT2D eigenvalue weighted by molar-refractivity contribution is 7.90. The Morgan fingerprint density at radius 3 is 2.62 bits per heavy atom. The Bertz CT molecular complexity index is 1160. The molecule has 0 amide bonds. The van der Waals surface area contributed by atoms with E-state index in [4.69, 9.17) is 11.6 Å².